The zero-order valence-corrected chi connectivity index (χ0v) is 12.3. The normalized spacial score (nSPS) is 10.6. The van der Waals surface area contributed by atoms with Crippen molar-refractivity contribution in [1.82, 2.24) is 5.32 Å². The fourth-order valence-corrected chi connectivity index (χ4v) is 1.68. The molecule has 0 heterocycles. The third kappa shape index (κ3) is 7.77. The second kappa shape index (κ2) is 9.34. The summed E-state index contributed by atoms with van der Waals surface area (Å²) in [6.07, 6.45) is 3.28. The summed E-state index contributed by atoms with van der Waals surface area (Å²) >= 11 is 0. The molecular weight excluding hydrogens is 257 g/mol. The maximum absolute atomic E-state index is 12.7. The highest BCUT2D eigenvalue weighted by Crippen LogP contribution is 2.11. The van der Waals surface area contributed by atoms with Crippen LogP contribution in [-0.2, 0) is 4.79 Å². The molecule has 0 fully saturated rings. The lowest BCUT2D eigenvalue weighted by atomic mass is 10.1. The predicted molar refractivity (Wildman–Crippen MR) is 78.2 cm³/mol. The molecule has 0 saturated carbocycles. The molecular formula is C16H24FNO2. The highest BCUT2D eigenvalue weighted by atomic mass is 19.1. The standard InChI is InChI=1S/C16H24FNO2/c1-13(2)5-10-16(19)18-11-3-4-12-20-15-8-6-14(17)7-9-15/h6-9,13H,3-5,10-12H2,1-2H3,(H,18,19). The molecule has 0 aliphatic carbocycles. The van der Waals surface area contributed by atoms with Crippen molar-refractivity contribution >= 4 is 5.91 Å². The van der Waals surface area contributed by atoms with E-state index in [4.69, 9.17) is 4.74 Å². The monoisotopic (exact) mass is 281 g/mol. The number of hydrogen-bond donors (Lipinski definition) is 1. The number of rotatable bonds is 9. The molecule has 0 aliphatic rings. The van der Waals surface area contributed by atoms with Crippen LogP contribution in [0.5, 0.6) is 5.75 Å². The Morgan fingerprint density at radius 3 is 2.60 bits per heavy atom. The molecule has 0 unspecified atom stereocenters. The van der Waals surface area contributed by atoms with Crippen molar-refractivity contribution in [2.45, 2.75) is 39.5 Å². The van der Waals surface area contributed by atoms with Gasteiger partial charge in [-0.3, -0.25) is 4.79 Å². The second-order valence-corrected chi connectivity index (χ2v) is 5.29. The van der Waals surface area contributed by atoms with Crippen molar-refractivity contribution in [2.24, 2.45) is 5.92 Å². The van der Waals surface area contributed by atoms with Crippen molar-refractivity contribution in [3.05, 3.63) is 30.1 Å². The van der Waals surface area contributed by atoms with Crippen molar-refractivity contribution in [3.63, 3.8) is 0 Å². The molecule has 3 nitrogen and oxygen atoms in total. The average Bonchev–Trinajstić information content (AvgIpc) is 2.42. The van der Waals surface area contributed by atoms with Gasteiger partial charge in [-0.1, -0.05) is 13.8 Å². The highest BCUT2D eigenvalue weighted by molar-refractivity contribution is 5.75. The topological polar surface area (TPSA) is 38.3 Å². The van der Waals surface area contributed by atoms with Crippen LogP contribution in [0.25, 0.3) is 0 Å². The lowest BCUT2D eigenvalue weighted by Crippen LogP contribution is -2.24. The minimum Gasteiger partial charge on any atom is -0.494 e. The summed E-state index contributed by atoms with van der Waals surface area (Å²) in [6, 6.07) is 5.99. The first-order valence-corrected chi connectivity index (χ1v) is 7.23. The van der Waals surface area contributed by atoms with E-state index in [1.165, 1.54) is 12.1 Å². The molecule has 0 bridgehead atoms. The van der Waals surface area contributed by atoms with Gasteiger partial charge in [-0.25, -0.2) is 4.39 Å². The summed E-state index contributed by atoms with van der Waals surface area (Å²) < 4.78 is 18.1. The molecule has 0 saturated heterocycles. The van der Waals surface area contributed by atoms with Crippen molar-refractivity contribution in [1.29, 1.82) is 0 Å². The van der Waals surface area contributed by atoms with Gasteiger partial charge in [0.15, 0.2) is 0 Å². The van der Waals surface area contributed by atoms with Crippen LogP contribution in [0.15, 0.2) is 24.3 Å². The van der Waals surface area contributed by atoms with Crippen molar-refractivity contribution in [3.8, 4) is 5.75 Å². The van der Waals surface area contributed by atoms with Crippen LogP contribution in [0, 0.1) is 11.7 Å². The Morgan fingerprint density at radius 2 is 1.95 bits per heavy atom. The van der Waals surface area contributed by atoms with E-state index in [1.807, 2.05) is 0 Å². The zero-order chi connectivity index (χ0) is 14.8. The van der Waals surface area contributed by atoms with Crippen LogP contribution >= 0.6 is 0 Å². The van der Waals surface area contributed by atoms with E-state index in [0.29, 0.717) is 31.2 Å². The fourth-order valence-electron chi connectivity index (χ4n) is 1.68. The predicted octanol–water partition coefficient (Wildman–Crippen LogP) is 3.54. The molecule has 0 aliphatic heterocycles. The first-order valence-electron chi connectivity index (χ1n) is 7.23. The van der Waals surface area contributed by atoms with Gasteiger partial charge in [-0.2, -0.15) is 0 Å². The number of nitrogens with one attached hydrogen (secondary N) is 1. The number of ether oxygens (including phenoxy) is 1. The first kappa shape index (κ1) is 16.5. The fraction of sp³-hybridized carbons (Fsp3) is 0.562. The summed E-state index contributed by atoms with van der Waals surface area (Å²) in [4.78, 5) is 11.5. The van der Waals surface area contributed by atoms with E-state index in [9.17, 15) is 9.18 Å². The SMILES string of the molecule is CC(C)CCC(=O)NCCCCOc1ccc(F)cc1. The molecule has 4 heteroatoms. The number of carbonyl (C=O) groups excluding carboxylic acids is 1. The highest BCUT2D eigenvalue weighted by Gasteiger charge is 2.02. The van der Waals surface area contributed by atoms with Crippen LogP contribution in [0.4, 0.5) is 4.39 Å². The van der Waals surface area contributed by atoms with Gasteiger partial charge in [0.25, 0.3) is 0 Å². The van der Waals surface area contributed by atoms with Gasteiger partial charge in [0.1, 0.15) is 11.6 Å². The Morgan fingerprint density at radius 1 is 1.25 bits per heavy atom. The summed E-state index contributed by atoms with van der Waals surface area (Å²) in [6.45, 7) is 5.48. The number of benzene rings is 1. The average molecular weight is 281 g/mol. The first-order chi connectivity index (χ1) is 9.58. The molecule has 1 aromatic rings. The Hall–Kier alpha value is -1.58. The van der Waals surface area contributed by atoms with Crippen molar-refractivity contribution in [2.75, 3.05) is 13.2 Å². The largest absolute Gasteiger partial charge is 0.494 e. The second-order valence-electron chi connectivity index (χ2n) is 5.29. The Kier molecular flexibility index (Phi) is 7.70. The molecule has 1 aromatic carbocycles. The summed E-state index contributed by atoms with van der Waals surface area (Å²) in [7, 11) is 0. The van der Waals surface area contributed by atoms with Crippen LogP contribution < -0.4 is 10.1 Å². The van der Waals surface area contributed by atoms with E-state index in [-0.39, 0.29) is 11.7 Å². The van der Waals surface area contributed by atoms with Gasteiger partial charge in [-0.05, 0) is 49.4 Å². The molecule has 20 heavy (non-hydrogen) atoms. The maximum Gasteiger partial charge on any atom is 0.220 e. The van der Waals surface area contributed by atoms with Gasteiger partial charge in [-0.15, -0.1) is 0 Å². The minimum absolute atomic E-state index is 0.123. The Balaban J connectivity index is 1.99. The van der Waals surface area contributed by atoms with E-state index < -0.39 is 0 Å². The van der Waals surface area contributed by atoms with E-state index in [2.05, 4.69) is 19.2 Å². The molecule has 0 spiro atoms. The van der Waals surface area contributed by atoms with Gasteiger partial charge in [0.05, 0.1) is 6.61 Å². The number of amides is 1. The molecule has 1 N–H and O–H groups in total. The minimum atomic E-state index is -0.263. The van der Waals surface area contributed by atoms with Gasteiger partial charge in [0.2, 0.25) is 5.91 Å². The number of halogens is 1. The number of hydrogen-bond acceptors (Lipinski definition) is 2. The summed E-state index contributed by atoms with van der Waals surface area (Å²) in [5.41, 5.74) is 0. The summed E-state index contributed by atoms with van der Waals surface area (Å²) in [5.74, 6) is 1.09. The maximum atomic E-state index is 12.7. The van der Waals surface area contributed by atoms with Gasteiger partial charge < -0.3 is 10.1 Å². The van der Waals surface area contributed by atoms with E-state index >= 15 is 0 Å². The number of unbranched alkanes of at least 4 members (excludes halogenated alkanes) is 1. The quantitative estimate of drug-likeness (QED) is 0.703. The Labute approximate surface area is 120 Å². The van der Waals surface area contributed by atoms with Crippen LogP contribution in [-0.4, -0.2) is 19.1 Å². The van der Waals surface area contributed by atoms with Crippen LogP contribution in [0.3, 0.4) is 0 Å². The third-order valence-electron chi connectivity index (χ3n) is 2.92. The third-order valence-corrected chi connectivity index (χ3v) is 2.92. The van der Waals surface area contributed by atoms with Crippen LogP contribution in [0.2, 0.25) is 0 Å². The molecule has 1 amide bonds. The summed E-state index contributed by atoms with van der Waals surface area (Å²) in [5, 5.41) is 2.90. The smallest absolute Gasteiger partial charge is 0.220 e. The van der Waals surface area contributed by atoms with Crippen molar-refractivity contribution < 1.29 is 13.9 Å². The molecule has 0 aromatic heterocycles. The lowest BCUT2D eigenvalue weighted by Gasteiger charge is -2.08. The Bertz CT molecular complexity index is 390. The zero-order valence-electron chi connectivity index (χ0n) is 12.3. The lowest BCUT2D eigenvalue weighted by molar-refractivity contribution is -0.121. The van der Waals surface area contributed by atoms with E-state index in [1.54, 1.807) is 12.1 Å². The molecule has 0 radical (unpaired) electrons. The van der Waals surface area contributed by atoms with E-state index in [0.717, 1.165) is 19.3 Å². The number of carbonyl (C=O) groups is 1. The molecule has 112 valence electrons. The van der Waals surface area contributed by atoms with Gasteiger partial charge >= 0.3 is 0 Å². The molecule has 0 atom stereocenters. The molecule has 1 rings (SSSR count). The van der Waals surface area contributed by atoms with Crippen LogP contribution in [0.1, 0.15) is 39.5 Å². The van der Waals surface area contributed by atoms with Gasteiger partial charge in [0, 0.05) is 13.0 Å².